The van der Waals surface area contributed by atoms with Gasteiger partial charge in [-0.15, -0.1) is 0 Å². The number of aromatic nitrogens is 2. The van der Waals surface area contributed by atoms with E-state index in [4.69, 9.17) is 0 Å². The zero-order valence-corrected chi connectivity index (χ0v) is 17.9. The molecule has 0 aliphatic carbocycles. The third-order valence-corrected chi connectivity index (χ3v) is 8.89. The fraction of sp³-hybridized carbons (Fsp3) is 0.471. The zero-order chi connectivity index (χ0) is 21.6. The van der Waals surface area contributed by atoms with Crippen molar-refractivity contribution in [3.05, 3.63) is 45.8 Å². The van der Waals surface area contributed by atoms with Gasteiger partial charge in [0.15, 0.2) is 0 Å². The van der Waals surface area contributed by atoms with E-state index in [9.17, 15) is 26.9 Å². The Hall–Kier alpha value is -2.31. The molecule has 158 valence electrons. The SMILES string of the molecule is Cc1nn(S(=O)(=O)c2cccc([N+](=O)[O-])c2)c(C)c1S(=O)(=O)N1CCC(C)CC1. The van der Waals surface area contributed by atoms with Gasteiger partial charge in [-0.25, -0.2) is 8.42 Å². The Morgan fingerprint density at radius 1 is 1.10 bits per heavy atom. The number of aryl methyl sites for hydroxylation is 1. The monoisotopic (exact) mass is 442 g/mol. The molecule has 1 aliphatic rings. The number of piperidine rings is 1. The molecule has 10 nitrogen and oxygen atoms in total. The van der Waals surface area contributed by atoms with E-state index in [2.05, 4.69) is 12.0 Å². The van der Waals surface area contributed by atoms with E-state index >= 15 is 0 Å². The quantitative estimate of drug-likeness (QED) is 0.511. The van der Waals surface area contributed by atoms with Crippen LogP contribution in [-0.2, 0) is 20.0 Å². The number of nitro groups is 1. The summed E-state index contributed by atoms with van der Waals surface area (Å²) in [5, 5.41) is 14.9. The Morgan fingerprint density at radius 3 is 2.31 bits per heavy atom. The van der Waals surface area contributed by atoms with Crippen molar-refractivity contribution >= 4 is 25.7 Å². The molecule has 1 aromatic carbocycles. The van der Waals surface area contributed by atoms with Crippen molar-refractivity contribution in [3.63, 3.8) is 0 Å². The van der Waals surface area contributed by atoms with Gasteiger partial charge in [0.05, 0.1) is 21.2 Å². The zero-order valence-electron chi connectivity index (χ0n) is 16.3. The normalized spacial score (nSPS) is 16.8. The second-order valence-corrected chi connectivity index (χ2v) is 10.8. The minimum absolute atomic E-state index is 0.0485. The fourth-order valence-electron chi connectivity index (χ4n) is 3.42. The van der Waals surface area contributed by atoms with Crippen LogP contribution in [0.15, 0.2) is 34.1 Å². The highest BCUT2D eigenvalue weighted by Gasteiger charge is 2.35. The van der Waals surface area contributed by atoms with Crippen molar-refractivity contribution in [1.82, 2.24) is 13.5 Å². The molecule has 1 fully saturated rings. The molecule has 1 aliphatic heterocycles. The van der Waals surface area contributed by atoms with Crippen molar-refractivity contribution in [2.75, 3.05) is 13.1 Å². The summed E-state index contributed by atoms with van der Waals surface area (Å²) in [6.45, 7) is 5.60. The summed E-state index contributed by atoms with van der Waals surface area (Å²) in [4.78, 5) is 9.80. The average molecular weight is 443 g/mol. The molecule has 0 amide bonds. The molecule has 0 bridgehead atoms. The predicted molar refractivity (Wildman–Crippen MR) is 105 cm³/mol. The summed E-state index contributed by atoms with van der Waals surface area (Å²) < 4.78 is 54.3. The Balaban J connectivity index is 2.08. The number of sulfonamides is 1. The highest BCUT2D eigenvalue weighted by molar-refractivity contribution is 7.90. The van der Waals surface area contributed by atoms with Crippen LogP contribution in [0.1, 0.15) is 31.2 Å². The van der Waals surface area contributed by atoms with E-state index in [0.29, 0.717) is 23.1 Å². The van der Waals surface area contributed by atoms with Crippen LogP contribution in [0.3, 0.4) is 0 Å². The number of benzene rings is 1. The van der Waals surface area contributed by atoms with Crippen LogP contribution in [0, 0.1) is 29.9 Å². The van der Waals surface area contributed by atoms with Crippen molar-refractivity contribution in [2.45, 2.75) is 43.4 Å². The molecule has 0 saturated carbocycles. The van der Waals surface area contributed by atoms with E-state index in [-0.39, 0.29) is 26.9 Å². The standard InChI is InChI=1S/C17H22N4O6S2/c1-12-7-9-19(10-8-12)29(26,27)17-13(2)18-20(14(17)3)28(24,25)16-6-4-5-15(11-16)21(22)23/h4-6,11-12H,7-10H2,1-3H3. The number of hydrogen-bond acceptors (Lipinski definition) is 7. The van der Waals surface area contributed by atoms with Gasteiger partial charge in [0.2, 0.25) is 10.0 Å². The Labute approximate surface area is 169 Å². The van der Waals surface area contributed by atoms with Gasteiger partial charge in [0.1, 0.15) is 4.90 Å². The smallest absolute Gasteiger partial charge is 0.258 e. The minimum atomic E-state index is -4.31. The molecule has 0 N–H and O–H groups in total. The van der Waals surface area contributed by atoms with Gasteiger partial charge >= 0.3 is 0 Å². The molecule has 1 aromatic heterocycles. The highest BCUT2D eigenvalue weighted by Crippen LogP contribution is 2.29. The van der Waals surface area contributed by atoms with Crippen molar-refractivity contribution in [3.8, 4) is 0 Å². The molecular formula is C17H22N4O6S2. The van der Waals surface area contributed by atoms with Crippen molar-refractivity contribution in [1.29, 1.82) is 0 Å². The maximum atomic E-state index is 13.1. The first-order chi connectivity index (χ1) is 13.5. The maximum absolute atomic E-state index is 13.1. The topological polar surface area (TPSA) is 132 Å². The predicted octanol–water partition coefficient (Wildman–Crippen LogP) is 2.07. The molecular weight excluding hydrogens is 420 g/mol. The lowest BCUT2D eigenvalue weighted by atomic mass is 10.0. The summed E-state index contributed by atoms with van der Waals surface area (Å²) >= 11 is 0. The van der Waals surface area contributed by atoms with Gasteiger partial charge in [0.25, 0.3) is 15.7 Å². The van der Waals surface area contributed by atoms with Crippen LogP contribution < -0.4 is 0 Å². The molecule has 0 unspecified atom stereocenters. The van der Waals surface area contributed by atoms with Gasteiger partial charge in [-0.05, 0) is 38.7 Å². The first kappa shape index (κ1) is 21.4. The van der Waals surface area contributed by atoms with Crippen LogP contribution in [0.5, 0.6) is 0 Å². The highest BCUT2D eigenvalue weighted by atomic mass is 32.2. The Morgan fingerprint density at radius 2 is 1.72 bits per heavy atom. The van der Waals surface area contributed by atoms with Crippen LogP contribution in [0.4, 0.5) is 5.69 Å². The van der Waals surface area contributed by atoms with E-state index in [1.807, 2.05) is 0 Å². The third kappa shape index (κ3) is 3.79. The first-order valence-corrected chi connectivity index (χ1v) is 11.9. The molecule has 0 spiro atoms. The van der Waals surface area contributed by atoms with Gasteiger partial charge in [-0.1, -0.05) is 13.0 Å². The Kier molecular flexibility index (Phi) is 5.54. The third-order valence-electron chi connectivity index (χ3n) is 5.08. The van der Waals surface area contributed by atoms with Crippen LogP contribution in [0.2, 0.25) is 0 Å². The van der Waals surface area contributed by atoms with Gasteiger partial charge < -0.3 is 0 Å². The van der Waals surface area contributed by atoms with Gasteiger partial charge in [0, 0.05) is 25.2 Å². The molecule has 0 radical (unpaired) electrons. The van der Waals surface area contributed by atoms with E-state index < -0.39 is 25.0 Å². The van der Waals surface area contributed by atoms with Gasteiger partial charge in [-0.3, -0.25) is 10.1 Å². The average Bonchev–Trinajstić information content (AvgIpc) is 2.97. The fourth-order valence-corrected chi connectivity index (χ4v) is 6.71. The largest absolute Gasteiger partial charge is 0.283 e. The molecule has 2 heterocycles. The number of nitrogens with zero attached hydrogens (tertiary/aromatic N) is 4. The molecule has 12 heteroatoms. The number of non-ortho nitro benzene ring substituents is 1. The van der Waals surface area contributed by atoms with E-state index in [0.717, 1.165) is 18.9 Å². The van der Waals surface area contributed by atoms with Crippen LogP contribution >= 0.6 is 0 Å². The van der Waals surface area contributed by atoms with E-state index in [1.165, 1.54) is 36.4 Å². The lowest BCUT2D eigenvalue weighted by molar-refractivity contribution is -0.385. The van der Waals surface area contributed by atoms with E-state index in [1.54, 1.807) is 0 Å². The lowest BCUT2D eigenvalue weighted by Crippen LogP contribution is -2.38. The van der Waals surface area contributed by atoms with Crippen molar-refractivity contribution < 1.29 is 21.8 Å². The van der Waals surface area contributed by atoms with Gasteiger partial charge in [-0.2, -0.15) is 21.9 Å². The number of nitro benzene ring substituents is 1. The summed E-state index contributed by atoms with van der Waals surface area (Å²) in [7, 11) is -8.22. The molecule has 29 heavy (non-hydrogen) atoms. The molecule has 3 rings (SSSR count). The molecule has 1 saturated heterocycles. The summed E-state index contributed by atoms with van der Waals surface area (Å²) in [6, 6.07) is 4.56. The molecule has 0 atom stereocenters. The number of rotatable bonds is 5. The summed E-state index contributed by atoms with van der Waals surface area (Å²) in [6.07, 6.45) is 1.47. The van der Waals surface area contributed by atoms with Crippen molar-refractivity contribution in [2.24, 2.45) is 5.92 Å². The minimum Gasteiger partial charge on any atom is -0.258 e. The summed E-state index contributed by atoms with van der Waals surface area (Å²) in [5.41, 5.74) is -0.370. The first-order valence-electron chi connectivity index (χ1n) is 9.02. The second-order valence-electron chi connectivity index (χ2n) is 7.19. The second kappa shape index (κ2) is 7.50. The lowest BCUT2D eigenvalue weighted by Gasteiger charge is -2.29. The number of hydrogen-bond donors (Lipinski definition) is 0. The van der Waals surface area contributed by atoms with Crippen LogP contribution in [-0.4, -0.2) is 48.3 Å². The Bertz CT molecular complexity index is 1160. The maximum Gasteiger partial charge on any atom is 0.283 e. The molecule has 2 aromatic rings. The summed E-state index contributed by atoms with van der Waals surface area (Å²) in [5.74, 6) is 0.431. The van der Waals surface area contributed by atoms with Crippen LogP contribution in [0.25, 0.3) is 0 Å².